The Kier molecular flexibility index (Phi) is 4.11. The molecule has 2 rings (SSSR count). The van der Waals surface area contributed by atoms with Crippen LogP contribution < -0.4 is 11.3 Å². The molecule has 0 atom stereocenters. The average Bonchev–Trinajstić information content (AvgIpc) is 2.63. The van der Waals surface area contributed by atoms with Crippen LogP contribution in [0.1, 0.15) is 16.8 Å². The van der Waals surface area contributed by atoms with Gasteiger partial charge in [0.15, 0.2) is 0 Å². The van der Waals surface area contributed by atoms with Gasteiger partial charge in [-0.1, -0.05) is 0 Å². The number of hydrogen-bond donors (Lipinski definition) is 2. The van der Waals surface area contributed by atoms with E-state index in [0.717, 1.165) is 32.6 Å². The monoisotopic (exact) mass is 249 g/mol. The van der Waals surface area contributed by atoms with E-state index in [9.17, 15) is 4.79 Å². The zero-order valence-electron chi connectivity index (χ0n) is 10.6. The van der Waals surface area contributed by atoms with Gasteiger partial charge in [0.1, 0.15) is 5.82 Å². The van der Waals surface area contributed by atoms with Crippen molar-refractivity contribution in [1.82, 2.24) is 14.8 Å². The van der Waals surface area contributed by atoms with E-state index in [-0.39, 0.29) is 5.91 Å². The Morgan fingerprint density at radius 2 is 2.17 bits per heavy atom. The van der Waals surface area contributed by atoms with Gasteiger partial charge in [-0.15, -0.1) is 0 Å². The molecule has 3 N–H and O–H groups in total. The normalized spacial score (nSPS) is 17.3. The van der Waals surface area contributed by atoms with E-state index in [2.05, 4.69) is 22.4 Å². The molecule has 1 aliphatic rings. The Bertz CT molecular complexity index is 405. The summed E-state index contributed by atoms with van der Waals surface area (Å²) in [7, 11) is 2.08. The lowest BCUT2D eigenvalue weighted by molar-refractivity contribution is 0.0762. The first kappa shape index (κ1) is 12.8. The number of carbonyl (C=O) groups excluding carboxylic acids is 1. The van der Waals surface area contributed by atoms with Crippen LogP contribution in [0.25, 0.3) is 0 Å². The summed E-state index contributed by atoms with van der Waals surface area (Å²) in [6.45, 7) is 3.53. The first-order chi connectivity index (χ1) is 8.70. The molecule has 1 fully saturated rings. The molecule has 1 aromatic rings. The molecule has 0 saturated carbocycles. The quantitative estimate of drug-likeness (QED) is 0.576. The molecule has 98 valence electrons. The lowest BCUT2D eigenvalue weighted by Crippen LogP contribution is -2.34. The van der Waals surface area contributed by atoms with Gasteiger partial charge >= 0.3 is 0 Å². The summed E-state index contributed by atoms with van der Waals surface area (Å²) >= 11 is 0. The van der Waals surface area contributed by atoms with Crippen molar-refractivity contribution in [1.29, 1.82) is 0 Å². The highest BCUT2D eigenvalue weighted by Gasteiger charge is 2.18. The van der Waals surface area contributed by atoms with Gasteiger partial charge in [-0.3, -0.25) is 4.79 Å². The molecule has 1 saturated heterocycles. The third-order valence-corrected chi connectivity index (χ3v) is 3.17. The number of amides is 1. The summed E-state index contributed by atoms with van der Waals surface area (Å²) in [6.07, 6.45) is 2.57. The Morgan fingerprint density at radius 3 is 2.83 bits per heavy atom. The van der Waals surface area contributed by atoms with Crippen LogP contribution in [-0.2, 0) is 0 Å². The number of pyridine rings is 1. The van der Waals surface area contributed by atoms with E-state index >= 15 is 0 Å². The number of rotatable bonds is 2. The third-order valence-electron chi connectivity index (χ3n) is 3.17. The Balaban J connectivity index is 2.05. The van der Waals surface area contributed by atoms with Crippen molar-refractivity contribution in [2.24, 2.45) is 5.84 Å². The summed E-state index contributed by atoms with van der Waals surface area (Å²) < 4.78 is 0. The predicted octanol–water partition coefficient (Wildman–Crippen LogP) is 0.145. The average molecular weight is 249 g/mol. The molecular formula is C12H19N5O. The Hall–Kier alpha value is -1.66. The van der Waals surface area contributed by atoms with Crippen molar-refractivity contribution in [2.45, 2.75) is 6.42 Å². The third kappa shape index (κ3) is 2.96. The molecule has 2 heterocycles. The van der Waals surface area contributed by atoms with Gasteiger partial charge in [0, 0.05) is 25.8 Å². The fourth-order valence-electron chi connectivity index (χ4n) is 2.04. The van der Waals surface area contributed by atoms with Gasteiger partial charge in [0.2, 0.25) is 0 Å². The zero-order chi connectivity index (χ0) is 13.0. The van der Waals surface area contributed by atoms with Crippen LogP contribution in [0.15, 0.2) is 18.3 Å². The fraction of sp³-hybridized carbons (Fsp3) is 0.500. The number of aromatic nitrogens is 1. The van der Waals surface area contributed by atoms with Crippen LogP contribution in [0.2, 0.25) is 0 Å². The summed E-state index contributed by atoms with van der Waals surface area (Å²) in [5, 5.41) is 0. The molecule has 0 aromatic carbocycles. The predicted molar refractivity (Wildman–Crippen MR) is 70.1 cm³/mol. The topological polar surface area (TPSA) is 74.5 Å². The minimum Gasteiger partial charge on any atom is -0.337 e. The molecule has 6 heteroatoms. The molecule has 18 heavy (non-hydrogen) atoms. The van der Waals surface area contributed by atoms with Gasteiger partial charge in [-0.2, -0.15) is 0 Å². The van der Waals surface area contributed by atoms with Crippen LogP contribution in [0.3, 0.4) is 0 Å². The summed E-state index contributed by atoms with van der Waals surface area (Å²) in [5.74, 6) is 5.84. The lowest BCUT2D eigenvalue weighted by atomic mass is 10.2. The smallest absolute Gasteiger partial charge is 0.255 e. The molecule has 1 aromatic heterocycles. The second-order valence-electron chi connectivity index (χ2n) is 4.53. The second kappa shape index (κ2) is 5.79. The van der Waals surface area contributed by atoms with Crippen LogP contribution in [0, 0.1) is 0 Å². The molecule has 0 unspecified atom stereocenters. The summed E-state index contributed by atoms with van der Waals surface area (Å²) in [4.78, 5) is 20.5. The van der Waals surface area contributed by atoms with E-state index in [1.54, 1.807) is 18.3 Å². The van der Waals surface area contributed by atoms with Gasteiger partial charge in [0.25, 0.3) is 5.91 Å². The number of hydrazine groups is 1. The van der Waals surface area contributed by atoms with Crippen LogP contribution in [0.5, 0.6) is 0 Å². The van der Waals surface area contributed by atoms with Gasteiger partial charge in [-0.25, -0.2) is 10.8 Å². The number of nitrogens with one attached hydrogen (secondary N) is 1. The van der Waals surface area contributed by atoms with E-state index in [4.69, 9.17) is 5.84 Å². The summed E-state index contributed by atoms with van der Waals surface area (Å²) in [5.41, 5.74) is 3.06. The summed E-state index contributed by atoms with van der Waals surface area (Å²) in [6, 6.07) is 3.45. The number of likely N-dealkylation sites (N-methyl/N-ethyl adjacent to an activating group) is 1. The largest absolute Gasteiger partial charge is 0.337 e. The van der Waals surface area contributed by atoms with E-state index in [1.165, 1.54) is 0 Å². The highest BCUT2D eigenvalue weighted by atomic mass is 16.2. The molecule has 1 amide bonds. The maximum Gasteiger partial charge on any atom is 0.255 e. The van der Waals surface area contributed by atoms with E-state index in [0.29, 0.717) is 11.4 Å². The number of hydrogen-bond acceptors (Lipinski definition) is 5. The molecular weight excluding hydrogens is 230 g/mol. The molecule has 6 nitrogen and oxygen atoms in total. The minimum absolute atomic E-state index is 0.0429. The van der Waals surface area contributed by atoms with Crippen molar-refractivity contribution in [3.63, 3.8) is 0 Å². The molecule has 0 bridgehead atoms. The first-order valence-corrected chi connectivity index (χ1v) is 6.11. The van der Waals surface area contributed by atoms with Crippen molar-refractivity contribution in [2.75, 3.05) is 38.7 Å². The van der Waals surface area contributed by atoms with E-state index in [1.807, 2.05) is 4.90 Å². The fourth-order valence-corrected chi connectivity index (χ4v) is 2.04. The second-order valence-corrected chi connectivity index (χ2v) is 4.53. The number of nitrogen functional groups attached to an aromatic ring is 1. The van der Waals surface area contributed by atoms with Crippen molar-refractivity contribution >= 4 is 11.7 Å². The number of carbonyl (C=O) groups is 1. The molecule has 0 spiro atoms. The molecule has 0 radical (unpaired) electrons. The van der Waals surface area contributed by atoms with Gasteiger partial charge in [0.05, 0.1) is 5.56 Å². The number of nitrogens with zero attached hydrogens (tertiary/aromatic N) is 3. The van der Waals surface area contributed by atoms with E-state index < -0.39 is 0 Å². The maximum atomic E-state index is 12.3. The van der Waals surface area contributed by atoms with Crippen molar-refractivity contribution in [3.05, 3.63) is 23.9 Å². The zero-order valence-corrected chi connectivity index (χ0v) is 10.6. The Labute approximate surface area is 107 Å². The number of nitrogens with two attached hydrogens (primary N) is 1. The maximum absolute atomic E-state index is 12.3. The van der Waals surface area contributed by atoms with Crippen molar-refractivity contribution in [3.8, 4) is 0 Å². The van der Waals surface area contributed by atoms with Gasteiger partial charge in [-0.05, 0) is 32.1 Å². The highest BCUT2D eigenvalue weighted by molar-refractivity contribution is 5.94. The lowest BCUT2D eigenvalue weighted by Gasteiger charge is -2.20. The van der Waals surface area contributed by atoms with Crippen LogP contribution >= 0.6 is 0 Å². The highest BCUT2D eigenvalue weighted by Crippen LogP contribution is 2.09. The SMILES string of the molecule is CN1CCCN(C(=O)c2ccc(NN)nc2)CC1. The van der Waals surface area contributed by atoms with Gasteiger partial charge < -0.3 is 15.2 Å². The number of anilines is 1. The first-order valence-electron chi connectivity index (χ1n) is 6.11. The Morgan fingerprint density at radius 1 is 1.33 bits per heavy atom. The molecule has 0 aliphatic carbocycles. The minimum atomic E-state index is 0.0429. The van der Waals surface area contributed by atoms with Crippen molar-refractivity contribution < 1.29 is 4.79 Å². The van der Waals surface area contributed by atoms with Crippen LogP contribution in [0.4, 0.5) is 5.82 Å². The molecule has 1 aliphatic heterocycles. The van der Waals surface area contributed by atoms with Crippen LogP contribution in [-0.4, -0.2) is 53.9 Å². The standard InChI is InChI=1S/C12H19N5O/c1-16-5-2-6-17(8-7-16)12(18)10-3-4-11(15-13)14-9-10/h3-4,9H,2,5-8,13H2,1H3,(H,14,15).